The van der Waals surface area contributed by atoms with Crippen LogP contribution in [0.1, 0.15) is 24.6 Å². The Morgan fingerprint density at radius 2 is 2.05 bits per heavy atom. The van der Waals surface area contributed by atoms with Gasteiger partial charge in [-0.2, -0.15) is 5.10 Å². The zero-order valence-electron chi connectivity index (χ0n) is 13.2. The minimum absolute atomic E-state index is 0.848. The summed E-state index contributed by atoms with van der Waals surface area (Å²) in [6.45, 7) is 4.90. The molecule has 0 aliphatic carbocycles. The van der Waals surface area contributed by atoms with Gasteiger partial charge in [-0.3, -0.25) is 4.90 Å². The molecule has 22 heavy (non-hydrogen) atoms. The molecule has 0 fully saturated rings. The van der Waals surface area contributed by atoms with Crippen LogP contribution in [-0.2, 0) is 13.0 Å². The third-order valence-corrected chi connectivity index (χ3v) is 3.94. The Morgan fingerprint density at radius 1 is 1.23 bits per heavy atom. The van der Waals surface area contributed by atoms with Crippen molar-refractivity contribution in [3.05, 3.63) is 41.7 Å². The van der Waals surface area contributed by atoms with E-state index in [2.05, 4.69) is 28.8 Å². The standard InChI is InChI=1S/C18H21N3O/c1-3-4-5-11-20-12-10-18-15(14-20)13-19-21(18)16-6-8-17(22-2)9-7-16/h6-9,13H,3,10-12,14H2,1-2H3. The predicted molar refractivity (Wildman–Crippen MR) is 87.2 cm³/mol. The van der Waals surface area contributed by atoms with Crippen LogP contribution in [0.15, 0.2) is 30.5 Å². The fraction of sp³-hybridized carbons (Fsp3) is 0.389. The molecule has 0 bridgehead atoms. The summed E-state index contributed by atoms with van der Waals surface area (Å²) in [5.74, 6) is 7.22. The molecule has 0 amide bonds. The zero-order valence-corrected chi connectivity index (χ0v) is 13.2. The molecule has 4 heteroatoms. The molecule has 1 aliphatic heterocycles. The lowest BCUT2D eigenvalue weighted by molar-refractivity contribution is 0.284. The molecule has 0 saturated carbocycles. The average Bonchev–Trinajstić information content (AvgIpc) is 2.98. The number of ether oxygens (including phenoxy) is 1. The smallest absolute Gasteiger partial charge is 0.119 e. The van der Waals surface area contributed by atoms with Crippen molar-refractivity contribution in [2.24, 2.45) is 0 Å². The normalized spacial score (nSPS) is 14.1. The molecule has 4 nitrogen and oxygen atoms in total. The van der Waals surface area contributed by atoms with E-state index in [-0.39, 0.29) is 0 Å². The highest BCUT2D eigenvalue weighted by Gasteiger charge is 2.20. The topological polar surface area (TPSA) is 30.3 Å². The molecule has 0 saturated heterocycles. The molecule has 1 aromatic heterocycles. The number of hydrogen-bond donors (Lipinski definition) is 0. The van der Waals surface area contributed by atoms with Gasteiger partial charge in [-0.05, 0) is 24.3 Å². The summed E-state index contributed by atoms with van der Waals surface area (Å²) >= 11 is 0. The maximum Gasteiger partial charge on any atom is 0.119 e. The largest absolute Gasteiger partial charge is 0.497 e. The fourth-order valence-corrected chi connectivity index (χ4v) is 2.76. The van der Waals surface area contributed by atoms with E-state index < -0.39 is 0 Å². The minimum Gasteiger partial charge on any atom is -0.497 e. The van der Waals surface area contributed by atoms with Gasteiger partial charge in [0.1, 0.15) is 5.75 Å². The quantitative estimate of drug-likeness (QED) is 0.816. The lowest BCUT2D eigenvalue weighted by Gasteiger charge is -2.25. The maximum absolute atomic E-state index is 5.21. The highest BCUT2D eigenvalue weighted by molar-refractivity contribution is 5.40. The van der Waals surface area contributed by atoms with Gasteiger partial charge in [0.05, 0.1) is 31.2 Å². The Labute approximate surface area is 131 Å². The summed E-state index contributed by atoms with van der Waals surface area (Å²) in [7, 11) is 1.68. The molecule has 1 aromatic carbocycles. The van der Waals surface area contributed by atoms with Crippen LogP contribution in [0.2, 0.25) is 0 Å². The van der Waals surface area contributed by atoms with Gasteiger partial charge in [0.25, 0.3) is 0 Å². The van der Waals surface area contributed by atoms with E-state index >= 15 is 0 Å². The van der Waals surface area contributed by atoms with Crippen LogP contribution in [0.4, 0.5) is 0 Å². The van der Waals surface area contributed by atoms with Crippen molar-refractivity contribution in [3.63, 3.8) is 0 Å². The lowest BCUT2D eigenvalue weighted by atomic mass is 10.1. The van der Waals surface area contributed by atoms with Gasteiger partial charge in [-0.25, -0.2) is 4.68 Å². The van der Waals surface area contributed by atoms with Gasteiger partial charge >= 0.3 is 0 Å². The summed E-state index contributed by atoms with van der Waals surface area (Å²) in [6.07, 6.45) is 3.92. The fourth-order valence-electron chi connectivity index (χ4n) is 2.76. The minimum atomic E-state index is 0.848. The first-order valence-corrected chi connectivity index (χ1v) is 7.70. The summed E-state index contributed by atoms with van der Waals surface area (Å²) in [6, 6.07) is 8.04. The highest BCUT2D eigenvalue weighted by Crippen LogP contribution is 2.22. The van der Waals surface area contributed by atoms with Crippen LogP contribution < -0.4 is 4.74 Å². The van der Waals surface area contributed by atoms with Crippen molar-refractivity contribution in [2.45, 2.75) is 26.3 Å². The Kier molecular flexibility index (Phi) is 4.45. The van der Waals surface area contributed by atoms with Crippen LogP contribution in [0.3, 0.4) is 0 Å². The first-order valence-electron chi connectivity index (χ1n) is 7.70. The summed E-state index contributed by atoms with van der Waals surface area (Å²) in [4.78, 5) is 2.38. The van der Waals surface area contributed by atoms with Crippen LogP contribution in [0.5, 0.6) is 5.75 Å². The van der Waals surface area contributed by atoms with E-state index in [0.717, 1.165) is 43.9 Å². The van der Waals surface area contributed by atoms with Crippen molar-refractivity contribution in [1.29, 1.82) is 0 Å². The Balaban J connectivity index is 1.77. The SMILES string of the molecule is CCC#CCN1CCc2c(cnn2-c2ccc(OC)cc2)C1. The first kappa shape index (κ1) is 14.7. The second-order valence-electron chi connectivity index (χ2n) is 5.39. The van der Waals surface area contributed by atoms with Crippen LogP contribution in [0, 0.1) is 11.8 Å². The van der Waals surface area contributed by atoms with Crippen molar-refractivity contribution in [1.82, 2.24) is 14.7 Å². The molecule has 2 heterocycles. The van der Waals surface area contributed by atoms with E-state index in [0.29, 0.717) is 0 Å². The van der Waals surface area contributed by atoms with Gasteiger partial charge in [0.2, 0.25) is 0 Å². The summed E-state index contributed by atoms with van der Waals surface area (Å²) < 4.78 is 7.26. The highest BCUT2D eigenvalue weighted by atomic mass is 16.5. The van der Waals surface area contributed by atoms with Crippen LogP contribution >= 0.6 is 0 Å². The van der Waals surface area contributed by atoms with Gasteiger partial charge in [0.15, 0.2) is 0 Å². The molecule has 1 aliphatic rings. The van der Waals surface area contributed by atoms with E-state index in [1.807, 2.05) is 35.1 Å². The molecular weight excluding hydrogens is 274 g/mol. The lowest BCUT2D eigenvalue weighted by Crippen LogP contribution is -2.31. The Morgan fingerprint density at radius 3 is 2.77 bits per heavy atom. The summed E-state index contributed by atoms with van der Waals surface area (Å²) in [5.41, 5.74) is 3.70. The molecular formula is C18H21N3O. The van der Waals surface area contributed by atoms with Gasteiger partial charge in [-0.15, -0.1) is 5.92 Å². The monoisotopic (exact) mass is 295 g/mol. The van der Waals surface area contributed by atoms with E-state index in [4.69, 9.17) is 4.74 Å². The second-order valence-corrected chi connectivity index (χ2v) is 5.39. The van der Waals surface area contributed by atoms with Gasteiger partial charge < -0.3 is 4.74 Å². The van der Waals surface area contributed by atoms with Gasteiger partial charge in [0, 0.05) is 31.5 Å². The number of methoxy groups -OCH3 is 1. The Hall–Kier alpha value is -2.25. The molecule has 0 N–H and O–H groups in total. The van der Waals surface area contributed by atoms with Crippen molar-refractivity contribution in [2.75, 3.05) is 20.2 Å². The maximum atomic E-state index is 5.21. The second kappa shape index (κ2) is 6.67. The molecule has 3 rings (SSSR count). The van der Waals surface area contributed by atoms with E-state index in [9.17, 15) is 0 Å². The summed E-state index contributed by atoms with van der Waals surface area (Å²) in [5, 5.41) is 4.57. The molecule has 0 unspecified atom stereocenters. The number of nitrogens with zero attached hydrogens (tertiary/aromatic N) is 3. The van der Waals surface area contributed by atoms with Crippen molar-refractivity contribution >= 4 is 0 Å². The number of fused-ring (bicyclic) bond motifs is 1. The first-order chi connectivity index (χ1) is 10.8. The molecule has 0 spiro atoms. The van der Waals surface area contributed by atoms with Crippen molar-refractivity contribution in [3.8, 4) is 23.3 Å². The molecule has 2 aromatic rings. The van der Waals surface area contributed by atoms with Crippen molar-refractivity contribution < 1.29 is 4.74 Å². The molecule has 0 radical (unpaired) electrons. The number of hydrogen-bond acceptors (Lipinski definition) is 3. The third-order valence-electron chi connectivity index (χ3n) is 3.94. The zero-order chi connectivity index (χ0) is 15.4. The average molecular weight is 295 g/mol. The van der Waals surface area contributed by atoms with Crippen LogP contribution in [-0.4, -0.2) is 34.9 Å². The number of aromatic nitrogens is 2. The Bertz CT molecular complexity index is 691. The number of benzene rings is 1. The third kappa shape index (κ3) is 3.00. The predicted octanol–water partition coefficient (Wildman–Crippen LogP) is 2.65. The molecule has 114 valence electrons. The van der Waals surface area contributed by atoms with E-state index in [1.54, 1.807) is 7.11 Å². The number of rotatable bonds is 3. The van der Waals surface area contributed by atoms with Crippen LogP contribution in [0.25, 0.3) is 5.69 Å². The van der Waals surface area contributed by atoms with E-state index in [1.165, 1.54) is 11.3 Å². The van der Waals surface area contributed by atoms with Gasteiger partial charge in [-0.1, -0.05) is 12.8 Å². The molecule has 0 atom stereocenters.